The Morgan fingerprint density at radius 2 is 0.909 bits per heavy atom. The van der Waals surface area contributed by atoms with Crippen molar-refractivity contribution in [2.75, 3.05) is 0 Å². The Kier molecular flexibility index (Phi) is 8.41. The summed E-state index contributed by atoms with van der Waals surface area (Å²) in [5.41, 5.74) is -1.64. The predicted molar refractivity (Wildman–Crippen MR) is 116 cm³/mol. The number of nitro groups is 2. The quantitative estimate of drug-likeness (QED) is 0.246. The average molecular weight is 472 g/mol. The zero-order valence-corrected chi connectivity index (χ0v) is 19.0. The normalized spacial score (nSPS) is 9.94. The van der Waals surface area contributed by atoms with E-state index in [0.29, 0.717) is 21.5 Å². The van der Waals surface area contributed by atoms with Gasteiger partial charge >= 0.3 is 37.7 Å². The van der Waals surface area contributed by atoms with E-state index in [1.165, 1.54) is 36.4 Å². The van der Waals surface area contributed by atoms with Crippen LogP contribution in [-0.4, -0.2) is 59.5 Å². The van der Waals surface area contributed by atoms with Gasteiger partial charge < -0.3 is 19.8 Å². The molecule has 4 aromatic carbocycles. The summed E-state index contributed by atoms with van der Waals surface area (Å²) in [6, 6.07) is 18.5. The molecule has 11 heteroatoms. The summed E-state index contributed by atoms with van der Waals surface area (Å²) in [5.74, 6) is -3.08. The first-order chi connectivity index (χ1) is 15.2. The number of benzene rings is 4. The van der Waals surface area contributed by atoms with Crippen LogP contribution in [0.5, 0.6) is 0 Å². The van der Waals surface area contributed by atoms with Crippen LogP contribution in [0.15, 0.2) is 72.8 Å². The Labute approximate surface area is 215 Å². The van der Waals surface area contributed by atoms with E-state index in [4.69, 9.17) is 0 Å². The van der Waals surface area contributed by atoms with Crippen molar-refractivity contribution in [2.45, 2.75) is 0 Å². The van der Waals surface area contributed by atoms with Crippen LogP contribution in [0, 0.1) is 20.2 Å². The van der Waals surface area contributed by atoms with Gasteiger partial charge in [-0.15, -0.1) is 0 Å². The molecule has 0 spiro atoms. The third kappa shape index (κ3) is 5.43. The van der Waals surface area contributed by atoms with Crippen molar-refractivity contribution in [3.8, 4) is 0 Å². The van der Waals surface area contributed by atoms with Crippen LogP contribution in [0.1, 0.15) is 20.7 Å². The number of nitrogens with zero attached hydrogens (tertiary/aromatic N) is 2. The van der Waals surface area contributed by atoms with Gasteiger partial charge in [-0.25, -0.2) is 0 Å². The molecule has 0 radical (unpaired) electrons. The minimum absolute atomic E-state index is 0. The smallest absolute Gasteiger partial charge is 0.545 e. The summed E-state index contributed by atoms with van der Waals surface area (Å²) in [4.78, 5) is 41.8. The first-order valence-electron chi connectivity index (χ1n) is 8.97. The summed E-state index contributed by atoms with van der Waals surface area (Å²) < 4.78 is 0. The molecule has 0 heterocycles. The number of rotatable bonds is 4. The SMILES string of the molecule is O=C([O-])c1c([N+](=O)[O-])ccc2ccccc12.O=C([O-])c1c([N+](=O)[O-])ccc2ccccc12.[Ca+2]. The van der Waals surface area contributed by atoms with E-state index in [1.54, 1.807) is 36.4 Å². The summed E-state index contributed by atoms with van der Waals surface area (Å²) in [7, 11) is 0. The molecule has 4 rings (SSSR count). The molecule has 0 aliphatic rings. The molecular formula is C22H12CaN2O8. The Morgan fingerprint density at radius 1 is 0.576 bits per heavy atom. The molecule has 0 saturated heterocycles. The first kappa shape index (κ1) is 25.7. The molecule has 0 unspecified atom stereocenters. The number of hydrogen-bond acceptors (Lipinski definition) is 8. The maximum absolute atomic E-state index is 10.9. The van der Waals surface area contributed by atoms with Gasteiger partial charge in [0.2, 0.25) is 0 Å². The van der Waals surface area contributed by atoms with Gasteiger partial charge in [-0.1, -0.05) is 48.5 Å². The molecule has 0 amide bonds. The molecule has 4 aromatic rings. The van der Waals surface area contributed by atoms with E-state index in [2.05, 4.69) is 0 Å². The van der Waals surface area contributed by atoms with Gasteiger partial charge in [0.1, 0.15) is 0 Å². The molecule has 10 nitrogen and oxygen atoms in total. The zero-order chi connectivity index (χ0) is 23.4. The number of carbonyl (C=O) groups excluding carboxylic acids is 2. The average Bonchev–Trinajstić information content (AvgIpc) is 2.77. The number of aromatic carboxylic acids is 2. The van der Waals surface area contributed by atoms with Gasteiger partial charge in [0.15, 0.2) is 0 Å². The van der Waals surface area contributed by atoms with Crippen molar-refractivity contribution in [3.63, 3.8) is 0 Å². The van der Waals surface area contributed by atoms with Crippen LogP contribution in [0.25, 0.3) is 21.5 Å². The van der Waals surface area contributed by atoms with Crippen LogP contribution in [0.2, 0.25) is 0 Å². The molecule has 0 bridgehead atoms. The summed E-state index contributed by atoms with van der Waals surface area (Å²) in [5, 5.41) is 45.1. The number of fused-ring (bicyclic) bond motifs is 2. The third-order valence-corrected chi connectivity index (χ3v) is 4.62. The van der Waals surface area contributed by atoms with Crippen LogP contribution in [0.3, 0.4) is 0 Å². The molecular weight excluding hydrogens is 460 g/mol. The number of nitro benzene ring substituents is 2. The van der Waals surface area contributed by atoms with Crippen LogP contribution in [0.4, 0.5) is 11.4 Å². The topological polar surface area (TPSA) is 167 Å². The van der Waals surface area contributed by atoms with Crippen LogP contribution >= 0.6 is 0 Å². The van der Waals surface area contributed by atoms with Crippen LogP contribution < -0.4 is 10.2 Å². The molecule has 0 aromatic heterocycles. The second-order valence-corrected chi connectivity index (χ2v) is 6.45. The molecule has 33 heavy (non-hydrogen) atoms. The van der Waals surface area contributed by atoms with E-state index in [9.17, 15) is 40.0 Å². The predicted octanol–water partition coefficient (Wildman–Crippen LogP) is 1.84. The molecule has 0 saturated carbocycles. The maximum atomic E-state index is 10.9. The van der Waals surface area contributed by atoms with Gasteiger partial charge in [-0.05, 0) is 33.7 Å². The first-order valence-corrected chi connectivity index (χ1v) is 8.97. The molecule has 0 fully saturated rings. The molecule has 0 aliphatic carbocycles. The van der Waals surface area contributed by atoms with Crippen molar-refractivity contribution in [3.05, 3.63) is 104 Å². The Morgan fingerprint density at radius 3 is 1.21 bits per heavy atom. The molecule has 160 valence electrons. The second-order valence-electron chi connectivity index (χ2n) is 6.45. The van der Waals surface area contributed by atoms with Gasteiger partial charge in [-0.3, -0.25) is 20.2 Å². The number of hydrogen-bond donors (Lipinski definition) is 0. The van der Waals surface area contributed by atoms with Crippen molar-refractivity contribution in [2.24, 2.45) is 0 Å². The molecule has 0 atom stereocenters. The fraction of sp³-hybridized carbons (Fsp3) is 0. The van der Waals surface area contributed by atoms with E-state index in [-0.39, 0.29) is 48.9 Å². The van der Waals surface area contributed by atoms with E-state index < -0.39 is 33.2 Å². The minimum Gasteiger partial charge on any atom is -0.545 e. The van der Waals surface area contributed by atoms with Gasteiger partial charge in [0.05, 0.1) is 32.9 Å². The van der Waals surface area contributed by atoms with Gasteiger partial charge in [0.25, 0.3) is 11.4 Å². The summed E-state index contributed by atoms with van der Waals surface area (Å²) >= 11 is 0. The van der Waals surface area contributed by atoms with E-state index in [1.807, 2.05) is 0 Å². The second kappa shape index (κ2) is 10.8. The number of carboxylic acids is 2. The fourth-order valence-electron chi connectivity index (χ4n) is 3.25. The maximum Gasteiger partial charge on any atom is 2.00 e. The molecule has 0 N–H and O–H groups in total. The number of carbonyl (C=O) groups is 2. The number of carboxylic acid groups (broad SMARTS) is 2. The Bertz CT molecular complexity index is 1300. The largest absolute Gasteiger partial charge is 2.00 e. The van der Waals surface area contributed by atoms with E-state index in [0.717, 1.165) is 0 Å². The monoisotopic (exact) mass is 472 g/mol. The standard InChI is InChI=1S/2C11H7NO4.Ca/c2*13-11(14)10-8-4-2-1-3-7(8)5-6-9(10)12(15)16;/h2*1-6H,(H,13,14);/q;;+2/p-2. The zero-order valence-electron chi connectivity index (χ0n) is 16.8. The summed E-state index contributed by atoms with van der Waals surface area (Å²) in [6.07, 6.45) is 0. The van der Waals surface area contributed by atoms with Gasteiger partial charge in [-0.2, -0.15) is 0 Å². The third-order valence-electron chi connectivity index (χ3n) is 4.62. The van der Waals surface area contributed by atoms with Crippen molar-refractivity contribution < 1.29 is 29.6 Å². The summed E-state index contributed by atoms with van der Waals surface area (Å²) in [6.45, 7) is 0. The minimum atomic E-state index is -1.54. The Balaban J connectivity index is 0.000000227. The van der Waals surface area contributed by atoms with Crippen molar-refractivity contribution in [1.29, 1.82) is 0 Å². The van der Waals surface area contributed by atoms with Crippen LogP contribution in [-0.2, 0) is 0 Å². The van der Waals surface area contributed by atoms with E-state index >= 15 is 0 Å². The fourth-order valence-corrected chi connectivity index (χ4v) is 3.25. The van der Waals surface area contributed by atoms with Gasteiger partial charge in [0, 0.05) is 12.1 Å². The van der Waals surface area contributed by atoms with Crippen molar-refractivity contribution in [1.82, 2.24) is 0 Å². The molecule has 0 aliphatic heterocycles. The Hall–Kier alpha value is -3.60. The van der Waals surface area contributed by atoms with Crippen molar-refractivity contribution >= 4 is 82.6 Å².